The smallest absolute Gasteiger partial charge is 0.0761 e. The highest BCUT2D eigenvalue weighted by Crippen LogP contribution is 2.29. The Balaban J connectivity index is 1.72. The molecule has 0 bridgehead atoms. The minimum Gasteiger partial charge on any atom is -0.0813 e. The number of halogens is 2. The van der Waals surface area contributed by atoms with Crippen molar-refractivity contribution in [3.05, 3.63) is 104 Å². The van der Waals surface area contributed by atoms with E-state index in [1.807, 2.05) is 12.1 Å². The fraction of sp³-hybridized carbons (Fsp3) is 0.267. The molecule has 0 saturated carbocycles. The lowest BCUT2D eigenvalue weighted by Crippen LogP contribution is -1.87. The highest BCUT2D eigenvalue weighted by Gasteiger charge is 2.07. The molecule has 162 valence electrons. The molecule has 0 atom stereocenters. The molecule has 0 N–H and O–H groups in total. The van der Waals surface area contributed by atoms with E-state index in [2.05, 4.69) is 86.1 Å². The minimum absolute atomic E-state index is 0.445. The van der Waals surface area contributed by atoms with Gasteiger partial charge in [-0.2, -0.15) is 0 Å². The number of hydrogen-bond donors (Lipinski definition) is 0. The van der Waals surface area contributed by atoms with Gasteiger partial charge < -0.3 is 0 Å². The van der Waals surface area contributed by atoms with Crippen LogP contribution in [0.1, 0.15) is 72.9 Å². The van der Waals surface area contributed by atoms with E-state index in [1.54, 1.807) is 0 Å². The maximum Gasteiger partial charge on any atom is 0.0761 e. The molecule has 0 saturated heterocycles. The van der Waals surface area contributed by atoms with Crippen LogP contribution in [0.4, 0.5) is 0 Å². The van der Waals surface area contributed by atoms with Gasteiger partial charge in [0.05, 0.1) is 10.0 Å². The highest BCUT2D eigenvalue weighted by molar-refractivity contribution is 6.43. The van der Waals surface area contributed by atoms with Gasteiger partial charge in [-0.1, -0.05) is 97.8 Å². The van der Waals surface area contributed by atoms with E-state index in [4.69, 9.17) is 23.2 Å². The Hall–Kier alpha value is -2.64. The van der Waals surface area contributed by atoms with Gasteiger partial charge >= 0.3 is 0 Å². The summed E-state index contributed by atoms with van der Waals surface area (Å²) >= 11 is 13.0. The van der Waals surface area contributed by atoms with Crippen molar-refractivity contribution in [2.75, 3.05) is 0 Å². The maximum atomic E-state index is 6.50. The molecule has 3 aromatic rings. The normalized spacial score (nSPS) is 10.1. The van der Waals surface area contributed by atoms with Gasteiger partial charge in [0.2, 0.25) is 0 Å². The van der Waals surface area contributed by atoms with Crippen molar-refractivity contribution in [2.45, 2.75) is 52.4 Å². The summed E-state index contributed by atoms with van der Waals surface area (Å²) in [6, 6.07) is 20.6. The maximum absolute atomic E-state index is 6.50. The first-order valence-corrected chi connectivity index (χ1v) is 12.1. The first-order valence-electron chi connectivity index (χ1n) is 11.3. The van der Waals surface area contributed by atoms with Crippen LogP contribution in [-0.2, 0) is 12.8 Å². The molecule has 0 aliphatic heterocycles. The van der Waals surface area contributed by atoms with E-state index in [0.717, 1.165) is 24.0 Å². The van der Waals surface area contributed by atoms with E-state index in [0.29, 0.717) is 21.2 Å². The fourth-order valence-electron chi connectivity index (χ4n) is 3.29. The lowest BCUT2D eigenvalue weighted by Gasteiger charge is -2.02. The molecular formula is C30H28Cl2. The summed E-state index contributed by atoms with van der Waals surface area (Å²) in [4.78, 5) is 0. The van der Waals surface area contributed by atoms with E-state index < -0.39 is 0 Å². The summed E-state index contributed by atoms with van der Waals surface area (Å²) in [6.07, 6.45) is 7.03. The molecule has 0 heterocycles. The molecule has 2 heteroatoms. The zero-order valence-electron chi connectivity index (χ0n) is 18.8. The van der Waals surface area contributed by atoms with Gasteiger partial charge in [-0.25, -0.2) is 0 Å². The summed E-state index contributed by atoms with van der Waals surface area (Å²) < 4.78 is 0. The van der Waals surface area contributed by atoms with Crippen molar-refractivity contribution in [1.82, 2.24) is 0 Å². The van der Waals surface area contributed by atoms with Crippen LogP contribution in [0.5, 0.6) is 0 Å². The minimum atomic E-state index is 0.445. The lowest BCUT2D eigenvalue weighted by molar-refractivity contribution is 0.795. The van der Waals surface area contributed by atoms with E-state index in [1.165, 1.54) is 36.8 Å². The van der Waals surface area contributed by atoms with Crippen molar-refractivity contribution in [2.24, 2.45) is 0 Å². The third-order valence-electron chi connectivity index (χ3n) is 5.31. The molecular weight excluding hydrogens is 431 g/mol. The zero-order valence-corrected chi connectivity index (χ0v) is 20.3. The van der Waals surface area contributed by atoms with E-state index >= 15 is 0 Å². The third kappa shape index (κ3) is 6.93. The molecule has 0 amide bonds. The largest absolute Gasteiger partial charge is 0.0813 e. The summed E-state index contributed by atoms with van der Waals surface area (Å²) in [5.74, 6) is 12.6. The predicted octanol–water partition coefficient (Wildman–Crippen LogP) is 8.48. The van der Waals surface area contributed by atoms with Crippen LogP contribution < -0.4 is 0 Å². The summed E-state index contributed by atoms with van der Waals surface area (Å²) in [6.45, 7) is 4.41. The molecule has 3 rings (SSSR count). The van der Waals surface area contributed by atoms with Gasteiger partial charge in [0.15, 0.2) is 0 Å². The van der Waals surface area contributed by atoms with E-state index in [-0.39, 0.29) is 0 Å². The van der Waals surface area contributed by atoms with E-state index in [9.17, 15) is 0 Å². The zero-order chi connectivity index (χ0) is 22.8. The molecule has 0 fully saturated rings. The van der Waals surface area contributed by atoms with Crippen LogP contribution in [0.2, 0.25) is 10.0 Å². The molecule has 0 spiro atoms. The Labute approximate surface area is 203 Å². The Morgan fingerprint density at radius 2 is 0.906 bits per heavy atom. The second-order valence-electron chi connectivity index (χ2n) is 7.89. The Morgan fingerprint density at radius 3 is 1.25 bits per heavy atom. The van der Waals surface area contributed by atoms with Crippen LogP contribution in [-0.4, -0.2) is 0 Å². The highest BCUT2D eigenvalue weighted by atomic mass is 35.5. The number of aryl methyl sites for hydroxylation is 2. The topological polar surface area (TPSA) is 0 Å². The molecule has 0 nitrogen and oxygen atoms in total. The van der Waals surface area contributed by atoms with Crippen LogP contribution in [0.25, 0.3) is 0 Å². The van der Waals surface area contributed by atoms with Crippen molar-refractivity contribution in [3.63, 3.8) is 0 Å². The van der Waals surface area contributed by atoms with Crippen molar-refractivity contribution >= 4 is 23.2 Å². The standard InChI is InChI=1S/C30H28Cl2/c1-3-5-7-23-9-13-25(14-10-23)17-19-27-21-22-28(30(32)29(27)31)20-18-26-15-11-24(12-16-26)8-6-4-2/h9-16,21-22H,3-8H2,1-2H3. The summed E-state index contributed by atoms with van der Waals surface area (Å²) in [5, 5.41) is 0.890. The van der Waals surface area contributed by atoms with Crippen molar-refractivity contribution < 1.29 is 0 Å². The number of unbranched alkanes of at least 4 members (excludes halogenated alkanes) is 2. The van der Waals surface area contributed by atoms with Gasteiger partial charge in [-0.05, 0) is 73.2 Å². The first kappa shape index (κ1) is 24.0. The lowest BCUT2D eigenvalue weighted by atomic mass is 10.1. The average molecular weight is 459 g/mol. The second-order valence-corrected chi connectivity index (χ2v) is 8.65. The molecule has 0 aliphatic carbocycles. The summed E-state index contributed by atoms with van der Waals surface area (Å²) in [7, 11) is 0. The molecule has 3 aromatic carbocycles. The summed E-state index contributed by atoms with van der Waals surface area (Å²) in [5.41, 5.74) is 6.02. The van der Waals surface area contributed by atoms with Gasteiger partial charge in [-0.15, -0.1) is 0 Å². The molecule has 32 heavy (non-hydrogen) atoms. The molecule has 0 aromatic heterocycles. The second kappa shape index (κ2) is 12.4. The van der Waals surface area contributed by atoms with Crippen LogP contribution in [0.15, 0.2) is 60.7 Å². The van der Waals surface area contributed by atoms with Gasteiger partial charge in [-0.3, -0.25) is 0 Å². The Morgan fingerprint density at radius 1 is 0.531 bits per heavy atom. The fourth-order valence-corrected chi connectivity index (χ4v) is 3.72. The number of rotatable bonds is 6. The monoisotopic (exact) mass is 458 g/mol. The van der Waals surface area contributed by atoms with Crippen molar-refractivity contribution in [3.8, 4) is 23.7 Å². The predicted molar refractivity (Wildman–Crippen MR) is 139 cm³/mol. The van der Waals surface area contributed by atoms with Crippen LogP contribution in [0.3, 0.4) is 0 Å². The van der Waals surface area contributed by atoms with Crippen molar-refractivity contribution in [1.29, 1.82) is 0 Å². The molecule has 0 radical (unpaired) electrons. The Bertz CT molecular complexity index is 1050. The van der Waals surface area contributed by atoms with Gasteiger partial charge in [0, 0.05) is 22.3 Å². The number of hydrogen-bond acceptors (Lipinski definition) is 0. The average Bonchev–Trinajstić information content (AvgIpc) is 2.83. The van der Waals surface area contributed by atoms with Gasteiger partial charge in [0.25, 0.3) is 0 Å². The number of benzene rings is 3. The third-order valence-corrected chi connectivity index (χ3v) is 6.19. The van der Waals surface area contributed by atoms with Gasteiger partial charge in [0.1, 0.15) is 0 Å². The van der Waals surface area contributed by atoms with Crippen LogP contribution in [0, 0.1) is 23.7 Å². The molecule has 0 aliphatic rings. The SMILES string of the molecule is CCCCc1ccc(C#Cc2ccc(C#Cc3ccc(CCCC)cc3)c(Cl)c2Cl)cc1. The van der Waals surface area contributed by atoms with Crippen LogP contribution >= 0.6 is 23.2 Å². The molecule has 0 unspecified atom stereocenters. The first-order chi connectivity index (χ1) is 15.6. The Kier molecular flexibility index (Phi) is 9.31. The quantitative estimate of drug-likeness (QED) is 0.324.